The lowest BCUT2D eigenvalue weighted by Crippen LogP contribution is -2.65. The number of carbonyl (C=O) groups is 5. The van der Waals surface area contributed by atoms with Crippen molar-refractivity contribution in [2.75, 3.05) is 86.4 Å². The number of aromatic nitrogens is 3. The molecule has 4 saturated heterocycles. The maximum absolute atomic E-state index is 13.3. The summed E-state index contributed by atoms with van der Waals surface area (Å²) >= 11 is 0. The summed E-state index contributed by atoms with van der Waals surface area (Å²) in [4.78, 5) is 83.2. The molecule has 0 bridgehead atoms. The summed E-state index contributed by atoms with van der Waals surface area (Å²) in [6, 6.07) is 19.6. The van der Waals surface area contributed by atoms with Gasteiger partial charge in [0.15, 0.2) is 0 Å². The summed E-state index contributed by atoms with van der Waals surface area (Å²) in [6.45, 7) is 9.66. The van der Waals surface area contributed by atoms with Crippen molar-refractivity contribution in [1.82, 2.24) is 34.6 Å². The number of nitrogens with zero attached hydrogens (tertiary/aromatic N) is 8. The second kappa shape index (κ2) is 16.3. The van der Waals surface area contributed by atoms with Crippen LogP contribution >= 0.6 is 0 Å². The number of anilines is 5. The van der Waals surface area contributed by atoms with Crippen LogP contribution in [-0.4, -0.2) is 137 Å². The number of piperazine rings is 1. The number of likely N-dealkylation sites (tertiary alicyclic amines) is 1. The Balaban J connectivity index is 0.688. The van der Waals surface area contributed by atoms with Crippen LogP contribution < -0.4 is 30.5 Å². The lowest BCUT2D eigenvalue weighted by atomic mass is 9.95. The average Bonchev–Trinajstić information content (AvgIpc) is 4.00. The number of fused-ring (bicyclic) bond motifs is 2. The van der Waals surface area contributed by atoms with Crippen LogP contribution in [0.5, 0.6) is 5.75 Å². The van der Waals surface area contributed by atoms with Crippen LogP contribution in [-0.2, 0) is 14.4 Å². The number of carbonyl (C=O) groups excluding carboxylic acids is 5. The molecule has 17 nitrogen and oxygen atoms in total. The minimum Gasteiger partial charge on any atom is -0.494 e. The van der Waals surface area contributed by atoms with E-state index in [0.717, 1.165) is 91.8 Å². The van der Waals surface area contributed by atoms with Crippen molar-refractivity contribution in [3.8, 4) is 17.0 Å². The predicted molar refractivity (Wildman–Crippen MR) is 245 cm³/mol. The van der Waals surface area contributed by atoms with Gasteiger partial charge in [-0.25, -0.2) is 9.97 Å². The quantitative estimate of drug-likeness (QED) is 0.150. The maximum Gasteiger partial charge on any atom is 0.262 e. The molecular formula is C48H51N11O6. The third-order valence-electron chi connectivity index (χ3n) is 13.9. The number of ether oxygens (including phenoxy) is 1. The van der Waals surface area contributed by atoms with Gasteiger partial charge < -0.3 is 29.7 Å². The highest BCUT2D eigenvalue weighted by molar-refractivity contribution is 6.23. The van der Waals surface area contributed by atoms with Gasteiger partial charge in [-0.3, -0.25) is 44.0 Å². The monoisotopic (exact) mass is 877 g/mol. The van der Waals surface area contributed by atoms with Gasteiger partial charge in [0.1, 0.15) is 11.8 Å². The van der Waals surface area contributed by atoms with Gasteiger partial charge >= 0.3 is 0 Å². The third-order valence-corrected chi connectivity index (χ3v) is 13.9. The second-order valence-electron chi connectivity index (χ2n) is 18.2. The molecule has 334 valence electrons. The Kier molecular flexibility index (Phi) is 10.3. The summed E-state index contributed by atoms with van der Waals surface area (Å²) in [5, 5.41) is 9.86. The number of hydrogen-bond acceptors (Lipinski definition) is 13. The molecule has 11 rings (SSSR count). The molecule has 0 radical (unpaired) electrons. The molecule has 17 heteroatoms. The lowest BCUT2D eigenvalue weighted by molar-refractivity contribution is -0.136. The van der Waals surface area contributed by atoms with Crippen molar-refractivity contribution in [3.05, 3.63) is 84.2 Å². The standard InChI is InChI=1S/C48H51N11O6/c1-28(60)50-38-20-39(52-48-49-14-13-37(51-48)36-27-58(30-7-8-30)40-6-4-3-5-33(36)40)43(65-2)21-42(38)56-17-15-55(16-18-56)32-25-54(26-32)22-29-23-57(24-29)31-9-10-34-35(19-31)47(64)59(46(34)63)41-11-12-44(61)53-45(41)62/h3-6,9-10,13-14,19-21,27,29-30,32,41H,7-8,11-12,15-18,22-26H2,1-2H3,(H,50,60)(H,49,51,52)(H,53,61,62). The van der Waals surface area contributed by atoms with Gasteiger partial charge in [0, 0.05) is 131 Å². The number of methoxy groups -OCH3 is 1. The molecule has 3 N–H and O–H groups in total. The Morgan fingerprint density at radius 1 is 0.831 bits per heavy atom. The molecule has 5 aliphatic heterocycles. The zero-order chi connectivity index (χ0) is 44.5. The highest BCUT2D eigenvalue weighted by atomic mass is 16.5. The van der Waals surface area contributed by atoms with Crippen molar-refractivity contribution in [3.63, 3.8) is 0 Å². The molecule has 1 atom stereocenters. The first-order chi connectivity index (χ1) is 31.6. The minimum absolute atomic E-state index is 0.0909. The van der Waals surface area contributed by atoms with Crippen molar-refractivity contribution in [1.29, 1.82) is 0 Å². The number of para-hydroxylation sites is 1. The summed E-state index contributed by atoms with van der Waals surface area (Å²) in [7, 11) is 1.65. The molecule has 7 heterocycles. The summed E-state index contributed by atoms with van der Waals surface area (Å²) in [5.41, 5.74) is 6.84. The third kappa shape index (κ3) is 7.61. The first-order valence-electron chi connectivity index (χ1n) is 22.6. The van der Waals surface area contributed by atoms with Gasteiger partial charge in [-0.1, -0.05) is 18.2 Å². The fourth-order valence-corrected chi connectivity index (χ4v) is 10.3. The number of hydrogen-bond donors (Lipinski definition) is 3. The van der Waals surface area contributed by atoms with E-state index in [1.165, 1.54) is 25.3 Å². The highest BCUT2D eigenvalue weighted by Crippen LogP contribution is 2.42. The number of nitrogens with one attached hydrogen (secondary N) is 3. The van der Waals surface area contributed by atoms with E-state index in [2.05, 4.69) is 75.6 Å². The fourth-order valence-electron chi connectivity index (χ4n) is 10.3. The van der Waals surface area contributed by atoms with Crippen molar-refractivity contribution in [2.45, 2.75) is 50.7 Å². The van der Waals surface area contributed by atoms with E-state index in [9.17, 15) is 24.0 Å². The van der Waals surface area contributed by atoms with E-state index >= 15 is 0 Å². The zero-order valence-corrected chi connectivity index (χ0v) is 36.5. The molecule has 1 unspecified atom stereocenters. The Morgan fingerprint density at radius 3 is 2.37 bits per heavy atom. The number of amides is 5. The maximum atomic E-state index is 13.3. The summed E-state index contributed by atoms with van der Waals surface area (Å²) in [6.07, 6.45) is 6.58. The van der Waals surface area contributed by atoms with Crippen LogP contribution in [0.25, 0.3) is 22.2 Å². The van der Waals surface area contributed by atoms with E-state index < -0.39 is 29.7 Å². The lowest BCUT2D eigenvalue weighted by Gasteiger charge is -2.51. The molecule has 1 saturated carbocycles. The van der Waals surface area contributed by atoms with E-state index in [4.69, 9.17) is 9.72 Å². The highest BCUT2D eigenvalue weighted by Gasteiger charge is 2.45. The second-order valence-corrected chi connectivity index (χ2v) is 18.2. The van der Waals surface area contributed by atoms with Gasteiger partial charge in [0.05, 0.1) is 41.0 Å². The number of benzene rings is 3. The van der Waals surface area contributed by atoms with Crippen LogP contribution in [0, 0.1) is 5.92 Å². The number of piperidine rings is 1. The van der Waals surface area contributed by atoms with Gasteiger partial charge in [0.25, 0.3) is 11.8 Å². The molecule has 65 heavy (non-hydrogen) atoms. The van der Waals surface area contributed by atoms with Crippen molar-refractivity contribution in [2.24, 2.45) is 5.92 Å². The molecule has 3 aromatic carbocycles. The van der Waals surface area contributed by atoms with Gasteiger partial charge in [-0.05, 0) is 55.7 Å². The predicted octanol–water partition coefficient (Wildman–Crippen LogP) is 4.49. The molecule has 0 spiro atoms. The van der Waals surface area contributed by atoms with E-state index in [1.807, 2.05) is 24.3 Å². The Bertz CT molecular complexity index is 2770. The van der Waals surface area contributed by atoms with E-state index in [1.54, 1.807) is 25.4 Å². The minimum atomic E-state index is -0.974. The summed E-state index contributed by atoms with van der Waals surface area (Å²) < 4.78 is 8.29. The van der Waals surface area contributed by atoms with Crippen LogP contribution in [0.2, 0.25) is 0 Å². The molecular weight excluding hydrogens is 827 g/mol. The number of rotatable bonds is 12. The van der Waals surface area contributed by atoms with Crippen molar-refractivity contribution < 1.29 is 28.7 Å². The van der Waals surface area contributed by atoms with Gasteiger partial charge in [-0.15, -0.1) is 0 Å². The van der Waals surface area contributed by atoms with Crippen LogP contribution in [0.4, 0.5) is 28.7 Å². The summed E-state index contributed by atoms with van der Waals surface area (Å²) in [5.74, 6) is -0.586. The Hall–Kier alpha value is -6.85. The first-order valence-corrected chi connectivity index (χ1v) is 22.6. The van der Waals surface area contributed by atoms with E-state index in [-0.39, 0.29) is 18.7 Å². The average molecular weight is 878 g/mol. The molecule has 5 fully saturated rings. The largest absolute Gasteiger partial charge is 0.494 e. The van der Waals surface area contributed by atoms with Gasteiger partial charge in [0.2, 0.25) is 23.7 Å². The Morgan fingerprint density at radius 2 is 1.62 bits per heavy atom. The van der Waals surface area contributed by atoms with Crippen molar-refractivity contribution >= 4 is 69.1 Å². The zero-order valence-electron chi connectivity index (χ0n) is 36.5. The normalized spacial score (nSPS) is 20.8. The number of imide groups is 2. The molecule has 1 aliphatic carbocycles. The SMILES string of the molecule is COc1cc(N2CCN(C3CN(CC4CN(c5ccc6c(c5)C(=O)N(C5CCC(=O)NC5=O)C6=O)C4)C3)CC2)c(NC(C)=O)cc1Nc1nccc(-c2cn(C3CC3)c3ccccc23)n1. The fraction of sp³-hybridized carbons (Fsp3) is 0.396. The van der Waals surface area contributed by atoms with E-state index in [0.29, 0.717) is 52.2 Å². The van der Waals surface area contributed by atoms with Crippen LogP contribution in [0.1, 0.15) is 59.4 Å². The topological polar surface area (TPSA) is 178 Å². The Labute approximate surface area is 375 Å². The molecule has 5 aromatic rings. The smallest absolute Gasteiger partial charge is 0.262 e. The molecule has 6 aliphatic rings. The first kappa shape index (κ1) is 40.9. The van der Waals surface area contributed by atoms with Crippen LogP contribution in [0.3, 0.4) is 0 Å². The van der Waals surface area contributed by atoms with Gasteiger partial charge in [-0.2, -0.15) is 0 Å². The van der Waals surface area contributed by atoms with Crippen LogP contribution in [0.15, 0.2) is 73.1 Å². The molecule has 5 amide bonds. The molecule has 2 aromatic heterocycles.